The third-order valence-electron chi connectivity index (χ3n) is 5.09. The Bertz CT molecular complexity index is 1220. The molecule has 6 heteroatoms. The first-order valence-electron chi connectivity index (χ1n) is 9.87. The van der Waals surface area contributed by atoms with Crippen LogP contribution in [0.2, 0.25) is 0 Å². The van der Waals surface area contributed by atoms with E-state index in [-0.39, 0.29) is 17.5 Å². The molecule has 1 amide bonds. The van der Waals surface area contributed by atoms with Crippen LogP contribution in [0, 0.1) is 5.82 Å². The molecule has 31 heavy (non-hydrogen) atoms. The minimum atomic E-state index is -0.325. The van der Waals surface area contributed by atoms with Crippen LogP contribution < -0.4 is 4.90 Å². The van der Waals surface area contributed by atoms with Gasteiger partial charge in [0.1, 0.15) is 5.82 Å². The second kappa shape index (κ2) is 9.18. The smallest absolute Gasteiger partial charge is 0.237 e. The van der Waals surface area contributed by atoms with Crippen LogP contribution in [0.25, 0.3) is 17.1 Å². The van der Waals surface area contributed by atoms with E-state index < -0.39 is 0 Å². The van der Waals surface area contributed by atoms with Crippen molar-refractivity contribution in [3.05, 3.63) is 96.3 Å². The van der Waals surface area contributed by atoms with Gasteiger partial charge in [-0.2, -0.15) is 0 Å². The molecule has 3 aromatic carbocycles. The zero-order valence-electron chi connectivity index (χ0n) is 17.2. The quantitative estimate of drug-likeness (QED) is 0.356. The molecule has 0 fully saturated rings. The average molecular weight is 432 g/mol. The first kappa shape index (κ1) is 20.9. The molecule has 0 aliphatic carbocycles. The highest BCUT2D eigenvalue weighted by molar-refractivity contribution is 7.99. The topological polar surface area (TPSA) is 38.1 Å². The molecule has 0 aliphatic rings. The summed E-state index contributed by atoms with van der Waals surface area (Å²) < 4.78 is 15.3. The van der Waals surface area contributed by atoms with Gasteiger partial charge >= 0.3 is 0 Å². The van der Waals surface area contributed by atoms with Crippen LogP contribution in [-0.4, -0.2) is 28.3 Å². The van der Waals surface area contributed by atoms with Crippen molar-refractivity contribution in [1.29, 1.82) is 0 Å². The Kier molecular flexibility index (Phi) is 6.18. The Balaban J connectivity index is 1.55. The maximum atomic E-state index is 13.2. The number of halogens is 1. The molecule has 4 aromatic rings. The minimum absolute atomic E-state index is 0.0782. The maximum Gasteiger partial charge on any atom is 0.237 e. The molecule has 4 rings (SSSR count). The van der Waals surface area contributed by atoms with E-state index in [1.54, 1.807) is 19.2 Å². The predicted molar refractivity (Wildman–Crippen MR) is 126 cm³/mol. The molecule has 4 nitrogen and oxygen atoms in total. The number of aromatic nitrogens is 2. The zero-order valence-corrected chi connectivity index (χ0v) is 18.0. The Morgan fingerprint density at radius 2 is 1.81 bits per heavy atom. The van der Waals surface area contributed by atoms with Crippen molar-refractivity contribution in [2.75, 3.05) is 17.7 Å². The van der Waals surface area contributed by atoms with Gasteiger partial charge in [0.05, 0.1) is 23.3 Å². The number of rotatable bonds is 7. The number of nitrogens with zero attached hydrogens (tertiary/aromatic N) is 3. The fourth-order valence-electron chi connectivity index (χ4n) is 3.29. The summed E-state index contributed by atoms with van der Waals surface area (Å²) in [5.41, 5.74) is 4.79. The number of para-hydroxylation sites is 2. The Hall–Kier alpha value is -3.38. The third-order valence-corrected chi connectivity index (χ3v) is 6.05. The Morgan fingerprint density at radius 1 is 1.10 bits per heavy atom. The lowest BCUT2D eigenvalue weighted by atomic mass is 10.1. The molecule has 0 saturated carbocycles. The number of imidazole rings is 1. The molecule has 0 atom stereocenters. The largest absolute Gasteiger partial charge is 0.315 e. The Labute approximate surface area is 185 Å². The van der Waals surface area contributed by atoms with Crippen LogP contribution in [-0.2, 0) is 11.3 Å². The van der Waals surface area contributed by atoms with E-state index in [0.717, 1.165) is 27.3 Å². The average Bonchev–Trinajstić information content (AvgIpc) is 3.15. The van der Waals surface area contributed by atoms with Crippen molar-refractivity contribution in [2.24, 2.45) is 0 Å². The number of thioether (sulfide) groups is 1. The van der Waals surface area contributed by atoms with E-state index in [2.05, 4.69) is 23.3 Å². The molecule has 0 spiro atoms. The van der Waals surface area contributed by atoms with Crippen LogP contribution >= 0.6 is 11.8 Å². The van der Waals surface area contributed by atoms with Gasteiger partial charge in [-0.1, -0.05) is 60.8 Å². The lowest BCUT2D eigenvalue weighted by Crippen LogP contribution is -2.28. The summed E-state index contributed by atoms with van der Waals surface area (Å²) in [6.45, 7) is 4.45. The second-order valence-electron chi connectivity index (χ2n) is 7.13. The van der Waals surface area contributed by atoms with Crippen molar-refractivity contribution in [3.63, 3.8) is 0 Å². The van der Waals surface area contributed by atoms with Crippen molar-refractivity contribution < 1.29 is 9.18 Å². The van der Waals surface area contributed by atoms with Gasteiger partial charge in [-0.25, -0.2) is 9.37 Å². The number of amides is 1. The van der Waals surface area contributed by atoms with Crippen LogP contribution in [0.15, 0.2) is 84.5 Å². The summed E-state index contributed by atoms with van der Waals surface area (Å²) in [5, 5.41) is 0.787. The molecule has 0 radical (unpaired) electrons. The van der Waals surface area contributed by atoms with E-state index >= 15 is 0 Å². The summed E-state index contributed by atoms with van der Waals surface area (Å²) >= 11 is 1.40. The molecule has 0 bridgehead atoms. The van der Waals surface area contributed by atoms with E-state index in [0.29, 0.717) is 12.2 Å². The number of carbonyl (C=O) groups excluding carboxylic acids is 1. The van der Waals surface area contributed by atoms with Gasteiger partial charge in [0.2, 0.25) is 5.91 Å². The molecular weight excluding hydrogens is 409 g/mol. The molecule has 0 unspecified atom stereocenters. The number of anilines is 1. The summed E-state index contributed by atoms with van der Waals surface area (Å²) in [6.07, 6.45) is 1.82. The second-order valence-corrected chi connectivity index (χ2v) is 8.08. The number of benzene rings is 3. The fourth-order valence-corrected chi connectivity index (χ4v) is 4.22. The van der Waals surface area contributed by atoms with E-state index in [4.69, 9.17) is 4.98 Å². The lowest BCUT2D eigenvalue weighted by Gasteiger charge is -2.17. The molecular formula is C25H22FN3OS. The summed E-state index contributed by atoms with van der Waals surface area (Å²) in [4.78, 5) is 19.0. The molecule has 1 aromatic heterocycles. The zero-order chi connectivity index (χ0) is 21.8. The van der Waals surface area contributed by atoms with Gasteiger partial charge in [-0.15, -0.1) is 0 Å². The van der Waals surface area contributed by atoms with E-state index in [1.807, 2.05) is 42.5 Å². The first-order chi connectivity index (χ1) is 15.0. The van der Waals surface area contributed by atoms with Gasteiger partial charge in [0, 0.05) is 12.7 Å². The molecule has 0 N–H and O–H groups in total. The van der Waals surface area contributed by atoms with Gasteiger partial charge in [-0.3, -0.25) is 4.79 Å². The lowest BCUT2D eigenvalue weighted by molar-refractivity contribution is -0.115. The standard InChI is InChI=1S/C25H22FN3OS/c1-3-18-8-10-19(11-9-18)16-29-23-7-5-4-6-22(23)27-25(29)31-17-24(30)28(2)21-14-12-20(26)13-15-21/h3-15H,1,16-17H2,2H3. The SMILES string of the molecule is C=Cc1ccc(Cn2c(SCC(=O)N(C)c3ccc(F)cc3)nc3ccccc32)cc1. The van der Waals surface area contributed by atoms with Crippen LogP contribution in [0.3, 0.4) is 0 Å². The van der Waals surface area contributed by atoms with E-state index in [9.17, 15) is 9.18 Å². The van der Waals surface area contributed by atoms with Gasteiger partial charge < -0.3 is 9.47 Å². The highest BCUT2D eigenvalue weighted by Gasteiger charge is 2.16. The highest BCUT2D eigenvalue weighted by atomic mass is 32.2. The summed E-state index contributed by atoms with van der Waals surface area (Å²) in [5.74, 6) is -0.175. The number of fused-ring (bicyclic) bond motifs is 1. The third kappa shape index (κ3) is 4.70. The molecule has 1 heterocycles. The normalized spacial score (nSPS) is 10.9. The number of hydrogen-bond acceptors (Lipinski definition) is 3. The van der Waals surface area contributed by atoms with Crippen molar-refractivity contribution in [3.8, 4) is 0 Å². The molecule has 0 saturated heterocycles. The van der Waals surface area contributed by atoms with Crippen molar-refractivity contribution in [1.82, 2.24) is 9.55 Å². The van der Waals surface area contributed by atoms with Crippen LogP contribution in [0.4, 0.5) is 10.1 Å². The van der Waals surface area contributed by atoms with E-state index in [1.165, 1.54) is 28.8 Å². The summed E-state index contributed by atoms with van der Waals surface area (Å²) in [6, 6.07) is 22.1. The van der Waals surface area contributed by atoms with Crippen molar-refractivity contribution >= 4 is 40.5 Å². The molecule has 156 valence electrons. The Morgan fingerprint density at radius 3 is 2.52 bits per heavy atom. The predicted octanol–water partition coefficient (Wildman–Crippen LogP) is 5.62. The minimum Gasteiger partial charge on any atom is -0.315 e. The van der Waals surface area contributed by atoms with Gasteiger partial charge in [0.25, 0.3) is 0 Å². The van der Waals surface area contributed by atoms with Gasteiger partial charge in [-0.05, 0) is 47.5 Å². The molecule has 0 aliphatic heterocycles. The number of carbonyl (C=O) groups is 1. The van der Waals surface area contributed by atoms with Crippen molar-refractivity contribution in [2.45, 2.75) is 11.7 Å². The van der Waals surface area contributed by atoms with Crippen LogP contribution in [0.1, 0.15) is 11.1 Å². The summed E-state index contributed by atoms with van der Waals surface area (Å²) in [7, 11) is 1.69. The van der Waals surface area contributed by atoms with Crippen LogP contribution in [0.5, 0.6) is 0 Å². The monoisotopic (exact) mass is 431 g/mol. The first-order valence-corrected chi connectivity index (χ1v) is 10.9. The maximum absolute atomic E-state index is 13.2. The van der Waals surface area contributed by atoms with Gasteiger partial charge in [0.15, 0.2) is 5.16 Å². The number of hydrogen-bond donors (Lipinski definition) is 0. The highest BCUT2D eigenvalue weighted by Crippen LogP contribution is 2.26. The fraction of sp³-hybridized carbons (Fsp3) is 0.120.